The Morgan fingerprint density at radius 3 is 2.00 bits per heavy atom. The summed E-state index contributed by atoms with van der Waals surface area (Å²) >= 11 is 0. The monoisotopic (exact) mass is 224 g/mol. The molecule has 2 unspecified atom stereocenters. The summed E-state index contributed by atoms with van der Waals surface area (Å²) < 4.78 is 0. The SMILES string of the molecule is CC1=C(C)C(C)(C(=O)O)C(C)(C(=O)O)C=C1. The molecule has 4 heteroatoms. The average molecular weight is 224 g/mol. The van der Waals surface area contributed by atoms with E-state index >= 15 is 0 Å². The van der Waals surface area contributed by atoms with Crippen LogP contribution in [0.5, 0.6) is 0 Å². The molecule has 16 heavy (non-hydrogen) atoms. The van der Waals surface area contributed by atoms with Gasteiger partial charge in [-0.15, -0.1) is 0 Å². The molecule has 1 aliphatic rings. The van der Waals surface area contributed by atoms with Crippen molar-refractivity contribution in [3.05, 3.63) is 23.3 Å². The van der Waals surface area contributed by atoms with E-state index in [4.69, 9.17) is 0 Å². The van der Waals surface area contributed by atoms with E-state index in [1.807, 2.05) is 0 Å². The predicted molar refractivity (Wildman–Crippen MR) is 59.0 cm³/mol. The number of carbonyl (C=O) groups is 2. The quantitative estimate of drug-likeness (QED) is 0.753. The number of aliphatic carboxylic acids is 2. The Morgan fingerprint density at radius 1 is 1.12 bits per heavy atom. The number of allylic oxidation sites excluding steroid dienone is 2. The van der Waals surface area contributed by atoms with Gasteiger partial charge in [0, 0.05) is 0 Å². The maximum Gasteiger partial charge on any atom is 0.314 e. The summed E-state index contributed by atoms with van der Waals surface area (Å²) in [6, 6.07) is 0. The van der Waals surface area contributed by atoms with Crippen LogP contribution in [0.3, 0.4) is 0 Å². The Balaban J connectivity index is 3.53. The zero-order valence-corrected chi connectivity index (χ0v) is 9.87. The van der Waals surface area contributed by atoms with Crippen LogP contribution in [0.2, 0.25) is 0 Å². The van der Waals surface area contributed by atoms with Crippen molar-refractivity contribution >= 4 is 11.9 Å². The summed E-state index contributed by atoms with van der Waals surface area (Å²) in [7, 11) is 0. The molecule has 1 aliphatic carbocycles. The number of carboxylic acids is 2. The van der Waals surface area contributed by atoms with Crippen molar-refractivity contribution in [1.82, 2.24) is 0 Å². The molecular weight excluding hydrogens is 208 g/mol. The summed E-state index contributed by atoms with van der Waals surface area (Å²) in [6.45, 7) is 6.37. The first-order chi connectivity index (χ1) is 7.18. The lowest BCUT2D eigenvalue weighted by Crippen LogP contribution is -2.50. The Hall–Kier alpha value is -1.58. The molecule has 0 saturated carbocycles. The molecule has 0 bridgehead atoms. The Morgan fingerprint density at radius 2 is 1.62 bits per heavy atom. The molecule has 2 N–H and O–H groups in total. The number of rotatable bonds is 2. The van der Waals surface area contributed by atoms with Gasteiger partial charge >= 0.3 is 11.9 Å². The highest BCUT2D eigenvalue weighted by Gasteiger charge is 2.56. The van der Waals surface area contributed by atoms with Gasteiger partial charge in [0.15, 0.2) is 0 Å². The Kier molecular flexibility index (Phi) is 2.71. The second-order valence-electron chi connectivity index (χ2n) is 4.58. The van der Waals surface area contributed by atoms with Gasteiger partial charge in [-0.25, -0.2) is 0 Å². The molecule has 88 valence electrons. The van der Waals surface area contributed by atoms with Crippen molar-refractivity contribution in [1.29, 1.82) is 0 Å². The van der Waals surface area contributed by atoms with Crippen LogP contribution in [-0.4, -0.2) is 22.2 Å². The molecule has 1 rings (SSSR count). The normalized spacial score (nSPS) is 34.0. The highest BCUT2D eigenvalue weighted by Crippen LogP contribution is 2.50. The van der Waals surface area contributed by atoms with E-state index in [9.17, 15) is 19.8 Å². The van der Waals surface area contributed by atoms with E-state index in [1.54, 1.807) is 19.9 Å². The van der Waals surface area contributed by atoms with Crippen LogP contribution < -0.4 is 0 Å². The first-order valence-electron chi connectivity index (χ1n) is 5.02. The zero-order valence-electron chi connectivity index (χ0n) is 9.87. The smallest absolute Gasteiger partial charge is 0.314 e. The van der Waals surface area contributed by atoms with E-state index in [0.717, 1.165) is 5.57 Å². The number of hydrogen-bond donors (Lipinski definition) is 2. The molecule has 0 heterocycles. The van der Waals surface area contributed by atoms with Gasteiger partial charge < -0.3 is 10.2 Å². The summed E-state index contributed by atoms with van der Waals surface area (Å²) in [5, 5.41) is 18.6. The first-order valence-corrected chi connectivity index (χ1v) is 5.02. The molecule has 0 radical (unpaired) electrons. The highest BCUT2D eigenvalue weighted by atomic mass is 16.4. The van der Waals surface area contributed by atoms with Gasteiger partial charge in [0.05, 0.1) is 0 Å². The molecule has 0 spiro atoms. The summed E-state index contributed by atoms with van der Waals surface area (Å²) in [6.07, 6.45) is 3.14. The van der Waals surface area contributed by atoms with Gasteiger partial charge in [0.1, 0.15) is 10.8 Å². The molecule has 0 aromatic carbocycles. The summed E-state index contributed by atoms with van der Waals surface area (Å²) in [5.41, 5.74) is -1.42. The Bertz CT molecular complexity index is 419. The van der Waals surface area contributed by atoms with Crippen molar-refractivity contribution in [3.8, 4) is 0 Å². The van der Waals surface area contributed by atoms with Gasteiger partial charge in [-0.3, -0.25) is 9.59 Å². The molecular formula is C12H16O4. The number of carboxylic acid groups (broad SMARTS) is 2. The molecule has 0 saturated heterocycles. The molecule has 0 aromatic heterocycles. The molecule has 0 fully saturated rings. The summed E-state index contributed by atoms with van der Waals surface area (Å²) in [4.78, 5) is 22.7. The van der Waals surface area contributed by atoms with E-state index < -0.39 is 22.8 Å². The second kappa shape index (κ2) is 3.47. The van der Waals surface area contributed by atoms with Gasteiger partial charge in [-0.1, -0.05) is 23.3 Å². The molecule has 0 amide bonds. The van der Waals surface area contributed by atoms with Gasteiger partial charge in [-0.05, 0) is 27.7 Å². The Labute approximate surface area is 94.3 Å². The number of hydrogen-bond acceptors (Lipinski definition) is 2. The third-order valence-electron chi connectivity index (χ3n) is 3.92. The zero-order chi connectivity index (χ0) is 12.7. The standard InChI is InChI=1S/C12H16O4/c1-7-5-6-11(3,9(13)14)12(4,8(7)2)10(15)16/h5-6H,1-4H3,(H,13,14)(H,15,16). The van der Waals surface area contributed by atoms with Gasteiger partial charge in [0.2, 0.25) is 0 Å². The molecule has 2 atom stereocenters. The van der Waals surface area contributed by atoms with Crippen molar-refractivity contribution in [2.75, 3.05) is 0 Å². The predicted octanol–water partition coefficient (Wildman–Crippen LogP) is 2.07. The largest absolute Gasteiger partial charge is 0.481 e. The highest BCUT2D eigenvalue weighted by molar-refractivity contribution is 5.91. The minimum absolute atomic E-state index is 0.590. The third kappa shape index (κ3) is 1.29. The van der Waals surface area contributed by atoms with Crippen LogP contribution in [-0.2, 0) is 9.59 Å². The molecule has 4 nitrogen and oxygen atoms in total. The van der Waals surface area contributed by atoms with E-state index in [2.05, 4.69) is 0 Å². The topological polar surface area (TPSA) is 74.6 Å². The van der Waals surface area contributed by atoms with Gasteiger partial charge in [-0.2, -0.15) is 0 Å². The maximum absolute atomic E-state index is 11.4. The summed E-state index contributed by atoms with van der Waals surface area (Å²) in [5.74, 6) is -2.24. The fourth-order valence-corrected chi connectivity index (χ4v) is 2.03. The van der Waals surface area contributed by atoms with E-state index in [1.165, 1.54) is 19.9 Å². The van der Waals surface area contributed by atoms with Crippen LogP contribution in [0, 0.1) is 10.8 Å². The first kappa shape index (κ1) is 12.5. The van der Waals surface area contributed by atoms with Gasteiger partial charge in [0.25, 0.3) is 0 Å². The van der Waals surface area contributed by atoms with Crippen LogP contribution >= 0.6 is 0 Å². The lowest BCUT2D eigenvalue weighted by atomic mass is 9.58. The molecule has 0 aliphatic heterocycles. The van der Waals surface area contributed by atoms with E-state index in [0.29, 0.717) is 5.57 Å². The van der Waals surface area contributed by atoms with E-state index in [-0.39, 0.29) is 0 Å². The third-order valence-corrected chi connectivity index (χ3v) is 3.92. The average Bonchev–Trinajstić information content (AvgIpc) is 2.20. The minimum Gasteiger partial charge on any atom is -0.481 e. The fraction of sp³-hybridized carbons (Fsp3) is 0.500. The minimum atomic E-state index is -1.41. The lowest BCUT2D eigenvalue weighted by Gasteiger charge is -2.42. The van der Waals surface area contributed by atoms with Crippen LogP contribution in [0.15, 0.2) is 23.3 Å². The molecule has 0 aromatic rings. The maximum atomic E-state index is 11.4. The second-order valence-corrected chi connectivity index (χ2v) is 4.58. The van der Waals surface area contributed by atoms with Crippen molar-refractivity contribution in [2.45, 2.75) is 27.7 Å². The van der Waals surface area contributed by atoms with Crippen LogP contribution in [0.1, 0.15) is 27.7 Å². The fourth-order valence-electron chi connectivity index (χ4n) is 2.03. The van der Waals surface area contributed by atoms with Crippen molar-refractivity contribution in [2.24, 2.45) is 10.8 Å². The van der Waals surface area contributed by atoms with Crippen molar-refractivity contribution in [3.63, 3.8) is 0 Å². The van der Waals surface area contributed by atoms with Crippen molar-refractivity contribution < 1.29 is 19.8 Å². The lowest BCUT2D eigenvalue weighted by molar-refractivity contribution is -0.163. The van der Waals surface area contributed by atoms with Crippen LogP contribution in [0.25, 0.3) is 0 Å². The van der Waals surface area contributed by atoms with Crippen LogP contribution in [0.4, 0.5) is 0 Å².